The van der Waals surface area contributed by atoms with Gasteiger partial charge >= 0.3 is 0 Å². The predicted octanol–water partition coefficient (Wildman–Crippen LogP) is 1.93. The molecule has 1 aromatic heterocycles. The Morgan fingerprint density at radius 1 is 1.20 bits per heavy atom. The van der Waals surface area contributed by atoms with Gasteiger partial charge in [-0.15, -0.1) is 10.2 Å². The molecule has 2 aromatic rings. The molecule has 0 spiro atoms. The fourth-order valence-electron chi connectivity index (χ4n) is 1.61. The first-order chi connectivity index (χ1) is 9.42. The van der Waals surface area contributed by atoms with Gasteiger partial charge in [-0.1, -0.05) is 23.5 Å². The third-order valence-electron chi connectivity index (χ3n) is 2.87. The van der Waals surface area contributed by atoms with Crippen LogP contribution in [-0.2, 0) is 10.0 Å². The van der Waals surface area contributed by atoms with Gasteiger partial charge in [-0.05, 0) is 38.6 Å². The highest BCUT2D eigenvalue weighted by molar-refractivity contribution is 7.93. The van der Waals surface area contributed by atoms with Crippen LogP contribution in [0.4, 0.5) is 5.13 Å². The molecule has 1 aromatic carbocycles. The number of hydrogen-bond acceptors (Lipinski definition) is 6. The van der Waals surface area contributed by atoms with Gasteiger partial charge in [0.25, 0.3) is 10.0 Å². The summed E-state index contributed by atoms with van der Waals surface area (Å²) in [4.78, 5) is 0.206. The Labute approximate surface area is 122 Å². The minimum Gasteiger partial charge on any atom is -0.313 e. The van der Waals surface area contributed by atoms with E-state index >= 15 is 0 Å². The topological polar surface area (TPSA) is 84.0 Å². The van der Waals surface area contributed by atoms with Crippen LogP contribution in [0, 0.1) is 6.92 Å². The van der Waals surface area contributed by atoms with E-state index in [0.717, 1.165) is 5.56 Å². The van der Waals surface area contributed by atoms with Gasteiger partial charge < -0.3 is 5.32 Å². The summed E-state index contributed by atoms with van der Waals surface area (Å²) in [6, 6.07) is 6.92. The van der Waals surface area contributed by atoms with Crippen molar-refractivity contribution in [1.82, 2.24) is 15.5 Å². The number of aryl methyl sites for hydroxylation is 1. The summed E-state index contributed by atoms with van der Waals surface area (Å²) in [7, 11) is -1.76. The second-order valence-electron chi connectivity index (χ2n) is 4.31. The van der Waals surface area contributed by atoms with Crippen LogP contribution in [0.15, 0.2) is 29.2 Å². The van der Waals surface area contributed by atoms with Crippen molar-refractivity contribution in [3.8, 4) is 0 Å². The maximum atomic E-state index is 12.2. The van der Waals surface area contributed by atoms with Gasteiger partial charge in [0.05, 0.1) is 4.90 Å². The summed E-state index contributed by atoms with van der Waals surface area (Å²) in [5, 5.41) is 11.6. The second-order valence-corrected chi connectivity index (χ2v) is 7.18. The number of nitrogens with one attached hydrogen (secondary N) is 2. The lowest BCUT2D eigenvalue weighted by molar-refractivity contribution is 0.600. The van der Waals surface area contributed by atoms with Crippen molar-refractivity contribution in [3.63, 3.8) is 0 Å². The zero-order valence-corrected chi connectivity index (χ0v) is 13.0. The van der Waals surface area contributed by atoms with Crippen LogP contribution < -0.4 is 10.0 Å². The van der Waals surface area contributed by atoms with Crippen molar-refractivity contribution in [2.75, 3.05) is 11.8 Å². The maximum absolute atomic E-state index is 12.2. The van der Waals surface area contributed by atoms with E-state index in [2.05, 4.69) is 20.2 Å². The van der Waals surface area contributed by atoms with E-state index in [9.17, 15) is 8.42 Å². The Bertz CT molecular complexity index is 680. The Morgan fingerprint density at radius 2 is 1.85 bits per heavy atom. The van der Waals surface area contributed by atoms with Crippen LogP contribution in [0.3, 0.4) is 0 Å². The van der Waals surface area contributed by atoms with Crippen LogP contribution in [0.5, 0.6) is 0 Å². The molecule has 0 fully saturated rings. The van der Waals surface area contributed by atoms with Crippen LogP contribution >= 0.6 is 11.3 Å². The average molecular weight is 312 g/mol. The van der Waals surface area contributed by atoms with Gasteiger partial charge in [0.15, 0.2) is 0 Å². The summed E-state index contributed by atoms with van der Waals surface area (Å²) in [6.07, 6.45) is 0. The van der Waals surface area contributed by atoms with Gasteiger partial charge in [-0.3, -0.25) is 4.72 Å². The van der Waals surface area contributed by atoms with Gasteiger partial charge in [0.2, 0.25) is 5.13 Å². The summed E-state index contributed by atoms with van der Waals surface area (Å²) in [5.74, 6) is 0. The Kier molecular flexibility index (Phi) is 4.36. The van der Waals surface area contributed by atoms with Crippen LogP contribution in [-0.4, -0.2) is 25.7 Å². The number of hydrogen-bond donors (Lipinski definition) is 2. The maximum Gasteiger partial charge on any atom is 0.263 e. The lowest BCUT2D eigenvalue weighted by Gasteiger charge is -2.11. The highest BCUT2D eigenvalue weighted by Crippen LogP contribution is 2.20. The summed E-state index contributed by atoms with van der Waals surface area (Å²) >= 11 is 1.20. The standard InChI is InChI=1S/C12H16N4O2S2/c1-8(13-3)10-4-6-11(7-5-10)20(17,18)16-12-15-14-9(2)19-12/h4-8,13H,1-3H3,(H,15,16). The lowest BCUT2D eigenvalue weighted by atomic mass is 10.1. The fraction of sp³-hybridized carbons (Fsp3) is 0.333. The molecule has 0 radical (unpaired) electrons. The average Bonchev–Trinajstić information content (AvgIpc) is 2.82. The van der Waals surface area contributed by atoms with Gasteiger partial charge in [-0.25, -0.2) is 8.42 Å². The van der Waals surface area contributed by atoms with Crippen molar-refractivity contribution in [2.24, 2.45) is 0 Å². The van der Waals surface area contributed by atoms with Crippen molar-refractivity contribution < 1.29 is 8.42 Å². The molecule has 8 heteroatoms. The molecule has 2 N–H and O–H groups in total. The molecule has 0 amide bonds. The monoisotopic (exact) mass is 312 g/mol. The van der Waals surface area contributed by atoms with E-state index < -0.39 is 10.0 Å². The SMILES string of the molecule is CNC(C)c1ccc(S(=O)(=O)Nc2nnc(C)s2)cc1. The molecular weight excluding hydrogens is 296 g/mol. The third kappa shape index (κ3) is 3.33. The largest absolute Gasteiger partial charge is 0.313 e. The fourth-order valence-corrected chi connectivity index (χ4v) is 3.44. The third-order valence-corrected chi connectivity index (χ3v) is 5.11. The summed E-state index contributed by atoms with van der Waals surface area (Å²) < 4.78 is 26.8. The van der Waals surface area contributed by atoms with E-state index in [1.54, 1.807) is 31.2 Å². The zero-order chi connectivity index (χ0) is 14.8. The first-order valence-corrected chi connectivity index (χ1v) is 8.32. The minimum absolute atomic E-state index is 0.172. The molecule has 0 saturated heterocycles. The van der Waals surface area contributed by atoms with Gasteiger partial charge in [-0.2, -0.15) is 0 Å². The van der Waals surface area contributed by atoms with Crippen molar-refractivity contribution in [3.05, 3.63) is 34.8 Å². The molecular formula is C12H16N4O2S2. The normalized spacial score (nSPS) is 13.2. The molecule has 1 atom stereocenters. The van der Waals surface area contributed by atoms with E-state index in [1.165, 1.54) is 11.3 Å². The zero-order valence-electron chi connectivity index (χ0n) is 11.4. The quantitative estimate of drug-likeness (QED) is 0.881. The molecule has 6 nitrogen and oxygen atoms in total. The molecule has 0 aliphatic heterocycles. The van der Waals surface area contributed by atoms with Crippen LogP contribution in [0.2, 0.25) is 0 Å². The predicted molar refractivity (Wildman–Crippen MR) is 79.4 cm³/mol. The number of sulfonamides is 1. The van der Waals surface area contributed by atoms with Crippen LogP contribution in [0.25, 0.3) is 0 Å². The molecule has 0 bridgehead atoms. The molecule has 108 valence electrons. The van der Waals surface area contributed by atoms with E-state index in [4.69, 9.17) is 0 Å². The van der Waals surface area contributed by atoms with Crippen molar-refractivity contribution in [2.45, 2.75) is 24.8 Å². The van der Waals surface area contributed by atoms with E-state index in [1.807, 2.05) is 14.0 Å². The molecule has 1 unspecified atom stereocenters. The second kappa shape index (κ2) is 5.86. The Hall–Kier alpha value is -1.51. The van der Waals surface area contributed by atoms with Crippen molar-refractivity contribution in [1.29, 1.82) is 0 Å². The number of anilines is 1. The number of aromatic nitrogens is 2. The van der Waals surface area contributed by atoms with Gasteiger partial charge in [0.1, 0.15) is 5.01 Å². The molecule has 1 heterocycles. The number of rotatable bonds is 5. The number of benzene rings is 1. The first-order valence-electron chi connectivity index (χ1n) is 6.02. The molecule has 0 aliphatic rings. The van der Waals surface area contributed by atoms with Gasteiger partial charge in [0, 0.05) is 6.04 Å². The summed E-state index contributed by atoms with van der Waals surface area (Å²) in [6.45, 7) is 3.77. The molecule has 0 aliphatic carbocycles. The van der Waals surface area contributed by atoms with Crippen LogP contribution in [0.1, 0.15) is 23.5 Å². The van der Waals surface area contributed by atoms with E-state index in [-0.39, 0.29) is 16.1 Å². The lowest BCUT2D eigenvalue weighted by Crippen LogP contribution is -2.14. The Balaban J connectivity index is 2.21. The van der Waals surface area contributed by atoms with Crippen molar-refractivity contribution >= 4 is 26.5 Å². The highest BCUT2D eigenvalue weighted by Gasteiger charge is 2.16. The number of nitrogens with zero attached hydrogens (tertiary/aromatic N) is 2. The van der Waals surface area contributed by atoms with E-state index in [0.29, 0.717) is 5.01 Å². The molecule has 2 rings (SSSR count). The minimum atomic E-state index is -3.61. The smallest absolute Gasteiger partial charge is 0.263 e. The Morgan fingerprint density at radius 3 is 2.35 bits per heavy atom. The highest BCUT2D eigenvalue weighted by atomic mass is 32.2. The summed E-state index contributed by atoms with van der Waals surface area (Å²) in [5.41, 5.74) is 1.03. The first kappa shape index (κ1) is 14.9. The molecule has 0 saturated carbocycles. The molecule has 20 heavy (non-hydrogen) atoms.